The van der Waals surface area contributed by atoms with Crippen LogP contribution in [0.2, 0.25) is 0 Å². The van der Waals surface area contributed by atoms with Gasteiger partial charge in [-0.1, -0.05) is 12.2 Å². The second-order valence-corrected chi connectivity index (χ2v) is 9.46. The van der Waals surface area contributed by atoms with E-state index >= 15 is 0 Å². The van der Waals surface area contributed by atoms with Gasteiger partial charge in [0.25, 0.3) is 0 Å². The first kappa shape index (κ1) is 19.5. The zero-order chi connectivity index (χ0) is 20.7. The Morgan fingerprint density at radius 3 is 1.83 bits per heavy atom. The normalized spacial score (nSPS) is 29.4. The number of ether oxygens (including phenoxy) is 3. The molecule has 0 atom stereocenters. The SMILES string of the molecule is COc1cc(OC)c(OC)cc1/C=C/c1cc[n+](C23CC4CC(CC(C4)C2)C3)cc1. The van der Waals surface area contributed by atoms with E-state index in [0.29, 0.717) is 17.0 Å². The molecule has 4 aliphatic carbocycles. The van der Waals surface area contributed by atoms with Crippen LogP contribution in [0, 0.1) is 17.8 Å². The third kappa shape index (κ3) is 3.36. The van der Waals surface area contributed by atoms with Gasteiger partial charge in [0, 0.05) is 43.0 Å². The average molecular weight is 407 g/mol. The molecular weight excluding hydrogens is 374 g/mol. The van der Waals surface area contributed by atoms with Crippen LogP contribution in [0.5, 0.6) is 17.2 Å². The van der Waals surface area contributed by atoms with E-state index in [9.17, 15) is 0 Å². The molecule has 0 spiro atoms. The lowest BCUT2D eigenvalue weighted by atomic mass is 9.53. The third-order valence-corrected chi connectivity index (χ3v) is 7.60. The summed E-state index contributed by atoms with van der Waals surface area (Å²) in [5, 5.41) is 0. The third-order valence-electron chi connectivity index (χ3n) is 7.60. The molecule has 0 radical (unpaired) electrons. The van der Waals surface area contributed by atoms with E-state index in [1.165, 1.54) is 44.1 Å². The van der Waals surface area contributed by atoms with Gasteiger partial charge >= 0.3 is 0 Å². The van der Waals surface area contributed by atoms with Crippen LogP contribution < -0.4 is 18.8 Å². The summed E-state index contributed by atoms with van der Waals surface area (Å²) in [6.45, 7) is 0. The second kappa shape index (κ2) is 7.64. The van der Waals surface area contributed by atoms with Crippen LogP contribution >= 0.6 is 0 Å². The molecule has 0 amide bonds. The Hall–Kier alpha value is -2.49. The summed E-state index contributed by atoms with van der Waals surface area (Å²) >= 11 is 0. The maximum absolute atomic E-state index is 5.54. The van der Waals surface area contributed by atoms with Crippen molar-refractivity contribution in [2.24, 2.45) is 17.8 Å². The fraction of sp³-hybridized carbons (Fsp3) is 0.500. The Kier molecular flexibility index (Phi) is 4.96. The molecule has 4 bridgehead atoms. The lowest BCUT2D eigenvalue weighted by Gasteiger charge is -2.53. The predicted octanol–water partition coefficient (Wildman–Crippen LogP) is 5.10. The van der Waals surface area contributed by atoms with Crippen molar-refractivity contribution in [3.63, 3.8) is 0 Å². The van der Waals surface area contributed by atoms with Gasteiger partial charge in [0.2, 0.25) is 0 Å². The Labute approximate surface area is 179 Å². The van der Waals surface area contributed by atoms with Crippen molar-refractivity contribution in [2.45, 2.75) is 44.1 Å². The zero-order valence-electron chi connectivity index (χ0n) is 18.3. The van der Waals surface area contributed by atoms with Gasteiger partial charge in [0.15, 0.2) is 29.4 Å². The standard InChI is InChI=1S/C26H32NO3/c1-28-23-14-25(30-3)24(29-2)13-22(23)5-4-18-6-8-27(9-7-18)26-15-19-10-20(16-26)12-21(11-19)17-26/h4-9,13-14,19-21H,10-12,15-17H2,1-3H3/q+1/b5-4+. The van der Waals surface area contributed by atoms with Crippen LogP contribution in [0.15, 0.2) is 36.7 Å². The maximum Gasteiger partial charge on any atom is 0.169 e. The van der Waals surface area contributed by atoms with Gasteiger partial charge in [-0.05, 0) is 48.6 Å². The summed E-state index contributed by atoms with van der Waals surface area (Å²) in [6, 6.07) is 8.29. The molecule has 2 aromatic rings. The Balaban J connectivity index is 1.38. The van der Waals surface area contributed by atoms with E-state index in [0.717, 1.165) is 29.1 Å². The van der Waals surface area contributed by atoms with Crippen molar-refractivity contribution in [1.82, 2.24) is 0 Å². The van der Waals surface area contributed by atoms with E-state index in [1.807, 2.05) is 12.1 Å². The summed E-state index contributed by atoms with van der Waals surface area (Å²) in [6.07, 6.45) is 17.4. The minimum Gasteiger partial charge on any atom is -0.496 e. The molecule has 4 saturated carbocycles. The minimum atomic E-state index is 0.379. The smallest absolute Gasteiger partial charge is 0.169 e. The molecule has 158 valence electrons. The number of benzene rings is 1. The summed E-state index contributed by atoms with van der Waals surface area (Å²) in [5.41, 5.74) is 2.53. The highest BCUT2D eigenvalue weighted by Crippen LogP contribution is 2.56. The number of pyridine rings is 1. The molecule has 6 rings (SSSR count). The van der Waals surface area contributed by atoms with Gasteiger partial charge in [-0.2, -0.15) is 4.57 Å². The molecule has 1 heterocycles. The topological polar surface area (TPSA) is 31.6 Å². The highest BCUT2D eigenvalue weighted by molar-refractivity contribution is 5.74. The van der Waals surface area contributed by atoms with Crippen LogP contribution in [0.1, 0.15) is 49.7 Å². The average Bonchev–Trinajstić information content (AvgIpc) is 2.76. The molecule has 0 unspecified atom stereocenters. The lowest BCUT2D eigenvalue weighted by Crippen LogP contribution is -2.64. The van der Waals surface area contributed by atoms with Gasteiger partial charge < -0.3 is 14.2 Å². The van der Waals surface area contributed by atoms with Crippen LogP contribution in [0.4, 0.5) is 0 Å². The van der Waals surface area contributed by atoms with Crippen LogP contribution in [-0.2, 0) is 5.54 Å². The van der Waals surface area contributed by atoms with Gasteiger partial charge in [-0.3, -0.25) is 0 Å². The van der Waals surface area contributed by atoms with E-state index in [2.05, 4.69) is 41.2 Å². The van der Waals surface area contributed by atoms with E-state index in [1.54, 1.807) is 21.3 Å². The molecule has 4 heteroatoms. The largest absolute Gasteiger partial charge is 0.496 e. The summed E-state index contributed by atoms with van der Waals surface area (Å²) in [7, 11) is 4.96. The van der Waals surface area contributed by atoms with E-state index in [-0.39, 0.29) is 0 Å². The summed E-state index contributed by atoms with van der Waals surface area (Å²) in [4.78, 5) is 0. The molecule has 4 aliphatic rings. The number of rotatable bonds is 6. The highest BCUT2D eigenvalue weighted by Gasteiger charge is 2.56. The predicted molar refractivity (Wildman–Crippen MR) is 118 cm³/mol. The monoisotopic (exact) mass is 406 g/mol. The molecule has 1 aromatic heterocycles. The number of nitrogens with zero attached hydrogens (tertiary/aromatic N) is 1. The maximum atomic E-state index is 5.54. The van der Waals surface area contributed by atoms with Crippen LogP contribution in [0.3, 0.4) is 0 Å². The quantitative estimate of drug-likeness (QED) is 0.626. The molecule has 0 N–H and O–H groups in total. The van der Waals surface area contributed by atoms with Crippen molar-refractivity contribution in [3.8, 4) is 17.2 Å². The van der Waals surface area contributed by atoms with Gasteiger partial charge in [-0.15, -0.1) is 0 Å². The highest BCUT2D eigenvalue weighted by atomic mass is 16.5. The Morgan fingerprint density at radius 1 is 0.767 bits per heavy atom. The van der Waals surface area contributed by atoms with Gasteiger partial charge in [0.05, 0.1) is 21.3 Å². The number of aromatic nitrogens is 1. The minimum absolute atomic E-state index is 0.379. The molecule has 0 saturated heterocycles. The zero-order valence-corrected chi connectivity index (χ0v) is 18.3. The first-order valence-electron chi connectivity index (χ1n) is 11.1. The summed E-state index contributed by atoms with van der Waals surface area (Å²) in [5.74, 6) is 5.01. The first-order chi connectivity index (χ1) is 14.6. The van der Waals surface area contributed by atoms with E-state index < -0.39 is 0 Å². The number of methoxy groups -OCH3 is 3. The fourth-order valence-electron chi connectivity index (χ4n) is 6.62. The van der Waals surface area contributed by atoms with Gasteiger partial charge in [0.1, 0.15) is 5.75 Å². The number of hydrogen-bond acceptors (Lipinski definition) is 3. The molecule has 4 nitrogen and oxygen atoms in total. The molecule has 0 aliphatic heterocycles. The van der Waals surface area contributed by atoms with Crippen molar-refractivity contribution >= 4 is 12.2 Å². The van der Waals surface area contributed by atoms with Crippen LogP contribution in [-0.4, -0.2) is 21.3 Å². The van der Waals surface area contributed by atoms with E-state index in [4.69, 9.17) is 14.2 Å². The Morgan fingerprint density at radius 2 is 1.30 bits per heavy atom. The van der Waals surface area contributed by atoms with Crippen molar-refractivity contribution in [1.29, 1.82) is 0 Å². The Bertz CT molecular complexity index is 912. The lowest BCUT2D eigenvalue weighted by molar-refractivity contribution is -0.776. The first-order valence-corrected chi connectivity index (χ1v) is 11.1. The molecule has 1 aromatic carbocycles. The van der Waals surface area contributed by atoms with Gasteiger partial charge in [-0.25, -0.2) is 0 Å². The fourth-order valence-corrected chi connectivity index (χ4v) is 6.62. The van der Waals surface area contributed by atoms with Crippen LogP contribution in [0.25, 0.3) is 12.2 Å². The van der Waals surface area contributed by atoms with Crippen molar-refractivity contribution < 1.29 is 18.8 Å². The second-order valence-electron chi connectivity index (χ2n) is 9.46. The molecular formula is C26H32NO3+. The van der Waals surface area contributed by atoms with Crippen molar-refractivity contribution in [2.75, 3.05) is 21.3 Å². The number of hydrogen-bond donors (Lipinski definition) is 0. The molecule has 4 fully saturated rings. The summed E-state index contributed by atoms with van der Waals surface area (Å²) < 4.78 is 18.9. The van der Waals surface area contributed by atoms with Crippen molar-refractivity contribution in [3.05, 3.63) is 47.8 Å². The molecule has 30 heavy (non-hydrogen) atoms.